The largest absolute Gasteiger partial charge is 0.352 e. The van der Waals surface area contributed by atoms with Crippen LogP contribution >= 0.6 is 0 Å². The van der Waals surface area contributed by atoms with Crippen LogP contribution in [0.2, 0.25) is 0 Å². The van der Waals surface area contributed by atoms with Crippen LogP contribution in [0.4, 0.5) is 0 Å². The predicted octanol–water partition coefficient (Wildman–Crippen LogP) is 1.14. The van der Waals surface area contributed by atoms with Crippen LogP contribution in [0.15, 0.2) is 0 Å². The molecule has 3 heteroatoms. The van der Waals surface area contributed by atoms with Gasteiger partial charge in [-0.05, 0) is 27.2 Å². The molecule has 0 saturated carbocycles. The molecule has 0 aliphatic carbocycles. The Morgan fingerprint density at radius 3 is 2.69 bits per heavy atom. The second kappa shape index (κ2) is 3.23. The molecule has 1 N–H and O–H groups in total. The van der Waals surface area contributed by atoms with E-state index in [2.05, 4.69) is 26.1 Å². The molecular formula is C10H19NO2. The van der Waals surface area contributed by atoms with Crippen molar-refractivity contribution in [2.75, 3.05) is 13.2 Å². The van der Waals surface area contributed by atoms with Gasteiger partial charge in [-0.1, -0.05) is 0 Å². The summed E-state index contributed by atoms with van der Waals surface area (Å²) in [4.78, 5) is 0. The number of hydrogen-bond acceptors (Lipinski definition) is 3. The summed E-state index contributed by atoms with van der Waals surface area (Å²) in [5, 5.41) is 3.58. The van der Waals surface area contributed by atoms with Gasteiger partial charge in [-0.15, -0.1) is 0 Å². The van der Waals surface area contributed by atoms with Crippen LogP contribution in [0.25, 0.3) is 0 Å². The molecule has 0 aromatic rings. The molecule has 3 atom stereocenters. The first-order chi connectivity index (χ1) is 6.06. The van der Waals surface area contributed by atoms with Crippen LogP contribution in [-0.2, 0) is 9.47 Å². The lowest BCUT2D eigenvalue weighted by Crippen LogP contribution is -2.47. The Bertz CT molecular complexity index is 188. The maximum absolute atomic E-state index is 5.55. The van der Waals surface area contributed by atoms with E-state index in [1.165, 1.54) is 0 Å². The molecule has 2 rings (SSSR count). The quantitative estimate of drug-likeness (QED) is 0.664. The van der Waals surface area contributed by atoms with Crippen molar-refractivity contribution in [3.8, 4) is 0 Å². The monoisotopic (exact) mass is 185 g/mol. The summed E-state index contributed by atoms with van der Waals surface area (Å²) in [7, 11) is 0. The highest BCUT2D eigenvalue weighted by Crippen LogP contribution is 2.31. The molecule has 2 saturated heterocycles. The smallest absolute Gasteiger partial charge is 0.162 e. The Kier molecular flexibility index (Phi) is 2.34. The average Bonchev–Trinajstić information content (AvgIpc) is 2.50. The Hall–Kier alpha value is -0.120. The van der Waals surface area contributed by atoms with Gasteiger partial charge in [0.05, 0.1) is 13.2 Å². The van der Waals surface area contributed by atoms with E-state index in [0.29, 0.717) is 12.0 Å². The van der Waals surface area contributed by atoms with Crippen molar-refractivity contribution in [2.24, 2.45) is 5.92 Å². The molecule has 2 fully saturated rings. The zero-order valence-corrected chi connectivity index (χ0v) is 8.67. The Labute approximate surface area is 79.8 Å². The highest BCUT2D eigenvalue weighted by atomic mass is 16.7. The van der Waals surface area contributed by atoms with Crippen molar-refractivity contribution in [1.29, 1.82) is 0 Å². The lowest BCUT2D eigenvalue weighted by atomic mass is 9.97. The zero-order chi connectivity index (χ0) is 9.47. The number of nitrogens with one attached hydrogen (secondary N) is 1. The molecule has 0 spiro atoms. The minimum Gasteiger partial charge on any atom is -0.352 e. The highest BCUT2D eigenvalue weighted by Gasteiger charge is 2.42. The molecule has 2 aliphatic heterocycles. The van der Waals surface area contributed by atoms with Crippen LogP contribution in [0.3, 0.4) is 0 Å². The molecule has 2 aliphatic rings. The molecule has 76 valence electrons. The summed E-state index contributed by atoms with van der Waals surface area (Å²) in [5.74, 6) is 0.569. The summed E-state index contributed by atoms with van der Waals surface area (Å²) in [5.41, 5.74) is 0.172. The number of hydrogen-bond donors (Lipinski definition) is 1. The van der Waals surface area contributed by atoms with Crippen molar-refractivity contribution in [1.82, 2.24) is 5.32 Å². The van der Waals surface area contributed by atoms with Crippen molar-refractivity contribution in [3.63, 3.8) is 0 Å². The van der Waals surface area contributed by atoms with E-state index in [1.54, 1.807) is 0 Å². The number of ether oxygens (including phenoxy) is 2. The molecule has 0 aromatic carbocycles. The molecule has 2 heterocycles. The van der Waals surface area contributed by atoms with Gasteiger partial charge in [0, 0.05) is 17.5 Å². The molecule has 0 aromatic heterocycles. The molecule has 0 radical (unpaired) electrons. The van der Waals surface area contributed by atoms with E-state index >= 15 is 0 Å². The molecule has 13 heavy (non-hydrogen) atoms. The number of rotatable bonds is 1. The summed E-state index contributed by atoms with van der Waals surface area (Å²) in [6.07, 6.45) is 1.21. The molecular weight excluding hydrogens is 166 g/mol. The van der Waals surface area contributed by atoms with Crippen LogP contribution in [0.1, 0.15) is 27.2 Å². The molecule has 0 amide bonds. The minimum absolute atomic E-state index is 0.0693. The van der Waals surface area contributed by atoms with Crippen molar-refractivity contribution >= 4 is 0 Å². The Morgan fingerprint density at radius 1 is 1.23 bits per heavy atom. The van der Waals surface area contributed by atoms with Crippen molar-refractivity contribution < 1.29 is 9.47 Å². The molecule has 0 bridgehead atoms. The normalized spacial score (nSPS) is 39.5. The maximum Gasteiger partial charge on any atom is 0.162 e. The third-order valence-corrected chi connectivity index (χ3v) is 2.66. The van der Waals surface area contributed by atoms with Crippen molar-refractivity contribution in [3.05, 3.63) is 0 Å². The standard InChI is InChI=1S/C10H19NO2/c1-10(2,3)11-8-6-13-9-7(8)4-5-12-9/h7-9,11H,4-6H2,1-3H3. The fourth-order valence-corrected chi connectivity index (χ4v) is 2.17. The average molecular weight is 185 g/mol. The van der Waals surface area contributed by atoms with Crippen LogP contribution in [0.5, 0.6) is 0 Å². The predicted molar refractivity (Wildman–Crippen MR) is 50.5 cm³/mol. The van der Waals surface area contributed by atoms with Gasteiger partial charge < -0.3 is 14.8 Å². The van der Waals surface area contributed by atoms with E-state index in [4.69, 9.17) is 9.47 Å². The summed E-state index contributed by atoms with van der Waals surface area (Å²) in [6.45, 7) is 8.23. The summed E-state index contributed by atoms with van der Waals surface area (Å²) < 4.78 is 11.0. The zero-order valence-electron chi connectivity index (χ0n) is 8.67. The second-order valence-electron chi connectivity index (χ2n) is 5.03. The third kappa shape index (κ3) is 2.03. The van der Waals surface area contributed by atoms with Crippen LogP contribution in [0, 0.1) is 5.92 Å². The first-order valence-corrected chi connectivity index (χ1v) is 5.07. The van der Waals surface area contributed by atoms with E-state index < -0.39 is 0 Å². The fourth-order valence-electron chi connectivity index (χ4n) is 2.17. The topological polar surface area (TPSA) is 30.5 Å². The fraction of sp³-hybridized carbons (Fsp3) is 1.00. The van der Waals surface area contributed by atoms with Gasteiger partial charge >= 0.3 is 0 Å². The van der Waals surface area contributed by atoms with Gasteiger partial charge in [0.2, 0.25) is 0 Å². The van der Waals surface area contributed by atoms with Crippen LogP contribution < -0.4 is 5.32 Å². The van der Waals surface area contributed by atoms with E-state index in [9.17, 15) is 0 Å². The SMILES string of the molecule is CC(C)(C)NC1COC2OCCC12. The van der Waals surface area contributed by atoms with E-state index in [1.807, 2.05) is 0 Å². The summed E-state index contributed by atoms with van der Waals surface area (Å²) in [6, 6.07) is 0.479. The van der Waals surface area contributed by atoms with Gasteiger partial charge in [0.1, 0.15) is 0 Å². The number of fused-ring (bicyclic) bond motifs is 1. The summed E-state index contributed by atoms with van der Waals surface area (Å²) >= 11 is 0. The molecule has 3 nitrogen and oxygen atoms in total. The van der Waals surface area contributed by atoms with Gasteiger partial charge in [-0.3, -0.25) is 0 Å². The van der Waals surface area contributed by atoms with Gasteiger partial charge in [0.25, 0.3) is 0 Å². The lowest BCUT2D eigenvalue weighted by molar-refractivity contribution is -0.0905. The first-order valence-electron chi connectivity index (χ1n) is 5.07. The first kappa shape index (κ1) is 9.44. The lowest BCUT2D eigenvalue weighted by Gasteiger charge is -2.27. The Morgan fingerprint density at radius 2 is 2.00 bits per heavy atom. The third-order valence-electron chi connectivity index (χ3n) is 2.66. The van der Waals surface area contributed by atoms with E-state index in [-0.39, 0.29) is 11.8 Å². The maximum atomic E-state index is 5.55. The minimum atomic E-state index is 0.0693. The van der Waals surface area contributed by atoms with Gasteiger partial charge in [-0.25, -0.2) is 0 Å². The molecule has 3 unspecified atom stereocenters. The second-order valence-corrected chi connectivity index (χ2v) is 5.03. The van der Waals surface area contributed by atoms with Gasteiger partial charge in [0.15, 0.2) is 6.29 Å². The van der Waals surface area contributed by atoms with E-state index in [0.717, 1.165) is 19.6 Å². The Balaban J connectivity index is 1.94. The van der Waals surface area contributed by atoms with Crippen LogP contribution in [-0.4, -0.2) is 31.1 Å². The highest BCUT2D eigenvalue weighted by molar-refractivity contribution is 4.91. The van der Waals surface area contributed by atoms with Gasteiger partial charge in [-0.2, -0.15) is 0 Å². The van der Waals surface area contributed by atoms with Crippen molar-refractivity contribution in [2.45, 2.75) is 45.1 Å².